The minimum atomic E-state index is -2.96. The fourth-order valence-corrected chi connectivity index (χ4v) is 3.93. The Morgan fingerprint density at radius 3 is 2.56 bits per heavy atom. The van der Waals surface area contributed by atoms with Crippen molar-refractivity contribution in [2.75, 3.05) is 11.5 Å². The summed E-state index contributed by atoms with van der Waals surface area (Å²) >= 11 is 0. The molecule has 0 radical (unpaired) electrons. The molecular formula is C12H18N2O3S. The van der Waals surface area contributed by atoms with Gasteiger partial charge in [0.2, 0.25) is 0 Å². The molecule has 5 nitrogen and oxygen atoms in total. The Balaban J connectivity index is 2.11. The van der Waals surface area contributed by atoms with Crippen molar-refractivity contribution in [1.82, 2.24) is 9.88 Å². The van der Waals surface area contributed by atoms with Crippen LogP contribution in [0.3, 0.4) is 0 Å². The minimum Gasteiger partial charge on any atom is -0.351 e. The van der Waals surface area contributed by atoms with E-state index in [1.807, 2.05) is 31.5 Å². The highest BCUT2D eigenvalue weighted by Gasteiger charge is 2.29. The van der Waals surface area contributed by atoms with Crippen LogP contribution in [-0.2, 0) is 16.9 Å². The van der Waals surface area contributed by atoms with Crippen molar-refractivity contribution in [3.8, 4) is 0 Å². The molecule has 2 rings (SSSR count). The first kappa shape index (κ1) is 13.1. The number of sulfone groups is 1. The average molecular weight is 270 g/mol. The molecule has 0 saturated carbocycles. The van der Waals surface area contributed by atoms with Crippen LogP contribution < -0.4 is 5.32 Å². The number of rotatable bonds is 2. The molecule has 6 heteroatoms. The Hall–Kier alpha value is -1.30. The smallest absolute Gasteiger partial charge is 0.253 e. The van der Waals surface area contributed by atoms with E-state index in [0.717, 1.165) is 11.4 Å². The molecule has 1 amide bonds. The lowest BCUT2D eigenvalue weighted by Gasteiger charge is -2.10. The monoisotopic (exact) mass is 270 g/mol. The van der Waals surface area contributed by atoms with Crippen molar-refractivity contribution < 1.29 is 13.2 Å². The zero-order chi connectivity index (χ0) is 13.5. The van der Waals surface area contributed by atoms with E-state index >= 15 is 0 Å². The number of carbonyl (C=O) groups excluding carboxylic acids is 1. The second-order valence-electron chi connectivity index (χ2n) is 4.92. The van der Waals surface area contributed by atoms with Gasteiger partial charge in [0.25, 0.3) is 5.91 Å². The van der Waals surface area contributed by atoms with Crippen molar-refractivity contribution in [2.24, 2.45) is 7.05 Å². The summed E-state index contributed by atoms with van der Waals surface area (Å²) in [7, 11) is -1.05. The molecule has 18 heavy (non-hydrogen) atoms. The van der Waals surface area contributed by atoms with Gasteiger partial charge in [0.05, 0.1) is 17.1 Å². The molecule has 1 unspecified atom stereocenters. The first-order valence-electron chi connectivity index (χ1n) is 5.94. The number of nitrogens with one attached hydrogen (secondary N) is 1. The number of aromatic nitrogens is 1. The third kappa shape index (κ3) is 2.43. The van der Waals surface area contributed by atoms with Gasteiger partial charge in [-0.15, -0.1) is 0 Å². The molecule has 1 N–H and O–H groups in total. The van der Waals surface area contributed by atoms with Crippen LogP contribution in [0, 0.1) is 13.8 Å². The Bertz CT molecular complexity index is 587. The van der Waals surface area contributed by atoms with Crippen molar-refractivity contribution in [2.45, 2.75) is 26.3 Å². The highest BCUT2D eigenvalue weighted by atomic mass is 32.2. The lowest BCUT2D eigenvalue weighted by atomic mass is 10.2. The van der Waals surface area contributed by atoms with Gasteiger partial charge in [0.1, 0.15) is 0 Å². The van der Waals surface area contributed by atoms with E-state index < -0.39 is 9.84 Å². The van der Waals surface area contributed by atoms with Crippen molar-refractivity contribution in [1.29, 1.82) is 0 Å². The number of aryl methyl sites for hydroxylation is 1. The van der Waals surface area contributed by atoms with E-state index in [4.69, 9.17) is 0 Å². The highest BCUT2D eigenvalue weighted by molar-refractivity contribution is 7.91. The maximum atomic E-state index is 12.1. The standard InChI is InChI=1S/C12H18N2O3S/c1-8-6-11(9(2)14(8)3)12(15)13-10-4-5-18(16,17)7-10/h6,10H,4-5,7H2,1-3H3,(H,13,15). The molecular weight excluding hydrogens is 252 g/mol. The fourth-order valence-electron chi connectivity index (χ4n) is 2.26. The van der Waals surface area contributed by atoms with Crippen molar-refractivity contribution in [3.05, 3.63) is 23.0 Å². The zero-order valence-electron chi connectivity index (χ0n) is 10.9. The molecule has 1 aromatic heterocycles. The van der Waals surface area contributed by atoms with Gasteiger partial charge in [0, 0.05) is 24.5 Å². The maximum Gasteiger partial charge on any atom is 0.253 e. The van der Waals surface area contributed by atoms with Gasteiger partial charge >= 0.3 is 0 Å². The highest BCUT2D eigenvalue weighted by Crippen LogP contribution is 2.16. The summed E-state index contributed by atoms with van der Waals surface area (Å²) in [5.41, 5.74) is 2.53. The van der Waals surface area contributed by atoms with Crippen molar-refractivity contribution in [3.63, 3.8) is 0 Å². The summed E-state index contributed by atoms with van der Waals surface area (Å²) in [5.74, 6) is 0.0484. The Morgan fingerprint density at radius 1 is 1.44 bits per heavy atom. The van der Waals surface area contributed by atoms with Crippen LogP contribution in [0.15, 0.2) is 6.07 Å². The molecule has 0 aromatic carbocycles. The molecule has 0 spiro atoms. The average Bonchev–Trinajstić information content (AvgIpc) is 2.73. The van der Waals surface area contributed by atoms with E-state index in [9.17, 15) is 13.2 Å². The lowest BCUT2D eigenvalue weighted by molar-refractivity contribution is 0.0940. The Morgan fingerprint density at radius 2 is 2.11 bits per heavy atom. The fraction of sp³-hybridized carbons (Fsp3) is 0.583. The first-order valence-corrected chi connectivity index (χ1v) is 7.76. The molecule has 1 aliphatic heterocycles. The maximum absolute atomic E-state index is 12.1. The minimum absolute atomic E-state index is 0.0591. The summed E-state index contributed by atoms with van der Waals surface area (Å²) in [6.45, 7) is 3.82. The topological polar surface area (TPSA) is 68.2 Å². The molecule has 1 atom stereocenters. The van der Waals surface area contributed by atoms with Crippen molar-refractivity contribution >= 4 is 15.7 Å². The number of hydrogen-bond acceptors (Lipinski definition) is 3. The molecule has 1 fully saturated rings. The molecule has 2 heterocycles. The summed E-state index contributed by atoms with van der Waals surface area (Å²) in [6, 6.07) is 1.58. The Labute approximate surface area is 107 Å². The summed E-state index contributed by atoms with van der Waals surface area (Å²) < 4.78 is 24.6. The Kier molecular flexibility index (Phi) is 3.23. The second kappa shape index (κ2) is 4.42. The number of hydrogen-bond donors (Lipinski definition) is 1. The van der Waals surface area contributed by atoms with Crippen LogP contribution in [-0.4, -0.2) is 36.4 Å². The van der Waals surface area contributed by atoms with Crippen LogP contribution in [0.25, 0.3) is 0 Å². The van der Waals surface area contributed by atoms with Crippen LogP contribution >= 0.6 is 0 Å². The zero-order valence-corrected chi connectivity index (χ0v) is 11.7. The third-order valence-corrected chi connectivity index (χ3v) is 5.36. The lowest BCUT2D eigenvalue weighted by Crippen LogP contribution is -2.35. The molecule has 100 valence electrons. The van der Waals surface area contributed by atoms with E-state index in [2.05, 4.69) is 5.32 Å². The van der Waals surface area contributed by atoms with E-state index in [1.54, 1.807) is 0 Å². The van der Waals surface area contributed by atoms with Gasteiger partial charge < -0.3 is 9.88 Å². The van der Waals surface area contributed by atoms with Gasteiger partial charge in [-0.25, -0.2) is 8.42 Å². The molecule has 0 aliphatic carbocycles. The van der Waals surface area contributed by atoms with E-state index in [-0.39, 0.29) is 23.5 Å². The molecule has 0 bridgehead atoms. The van der Waals surface area contributed by atoms with Gasteiger partial charge in [0.15, 0.2) is 9.84 Å². The molecule has 1 aromatic rings. The van der Waals surface area contributed by atoms with Gasteiger partial charge in [-0.05, 0) is 26.3 Å². The van der Waals surface area contributed by atoms with Crippen LogP contribution in [0.1, 0.15) is 28.2 Å². The number of carbonyl (C=O) groups is 1. The van der Waals surface area contributed by atoms with Gasteiger partial charge in [-0.1, -0.05) is 0 Å². The van der Waals surface area contributed by atoms with Crippen LogP contribution in [0.2, 0.25) is 0 Å². The SMILES string of the molecule is Cc1cc(C(=O)NC2CCS(=O)(=O)C2)c(C)n1C. The van der Waals surface area contributed by atoms with E-state index in [1.165, 1.54) is 0 Å². The molecule has 1 aliphatic rings. The van der Waals surface area contributed by atoms with E-state index in [0.29, 0.717) is 12.0 Å². The summed E-state index contributed by atoms with van der Waals surface area (Å²) in [4.78, 5) is 12.1. The predicted molar refractivity (Wildman–Crippen MR) is 69.4 cm³/mol. The van der Waals surface area contributed by atoms with Crippen LogP contribution in [0.4, 0.5) is 0 Å². The van der Waals surface area contributed by atoms with Gasteiger partial charge in [-0.3, -0.25) is 4.79 Å². The quantitative estimate of drug-likeness (QED) is 0.853. The largest absolute Gasteiger partial charge is 0.351 e. The summed E-state index contributed by atoms with van der Waals surface area (Å²) in [6.07, 6.45) is 0.513. The number of nitrogens with zero attached hydrogens (tertiary/aromatic N) is 1. The third-order valence-electron chi connectivity index (χ3n) is 3.59. The summed E-state index contributed by atoms with van der Waals surface area (Å²) in [5, 5.41) is 2.80. The predicted octanol–water partition coefficient (Wildman–Crippen LogP) is 0.559. The van der Waals surface area contributed by atoms with Crippen LogP contribution in [0.5, 0.6) is 0 Å². The molecule has 1 saturated heterocycles. The van der Waals surface area contributed by atoms with Gasteiger partial charge in [-0.2, -0.15) is 0 Å². The first-order chi connectivity index (χ1) is 8.30. The number of amides is 1. The second-order valence-corrected chi connectivity index (χ2v) is 7.15. The normalized spacial score (nSPS) is 22.1.